The number of ether oxygens (including phenoxy) is 3. The zero-order valence-corrected chi connectivity index (χ0v) is 27.1. The third-order valence-electron chi connectivity index (χ3n) is 11.4. The number of hydrogen-bond donors (Lipinski definition) is 0. The smallest absolute Gasteiger partial charge is 0.312 e. The molecule has 6 heteroatoms. The van der Waals surface area contributed by atoms with Gasteiger partial charge in [-0.15, -0.1) is 0 Å². The van der Waals surface area contributed by atoms with Gasteiger partial charge in [0.2, 0.25) is 0 Å². The minimum Gasteiger partial charge on any atom is -0.469 e. The molecule has 4 aliphatic rings. The first-order chi connectivity index (χ1) is 19.0. The van der Waals surface area contributed by atoms with Crippen LogP contribution in [0.15, 0.2) is 34.1 Å². The molecule has 0 aromatic rings. The summed E-state index contributed by atoms with van der Waals surface area (Å²) in [4.78, 5) is 38.1. The van der Waals surface area contributed by atoms with E-state index >= 15 is 0 Å². The fourth-order valence-corrected chi connectivity index (χ4v) is 9.20. The molecule has 0 heterocycles. The molecule has 0 amide bonds. The quantitative estimate of drug-likeness (QED) is 0.190. The molecule has 0 radical (unpaired) electrons. The fraction of sp³-hybridized carbons (Fsp3) is 0.743. The lowest BCUT2D eigenvalue weighted by atomic mass is 9.49. The van der Waals surface area contributed by atoms with E-state index < -0.39 is 5.41 Å². The van der Waals surface area contributed by atoms with Gasteiger partial charge in [-0.25, -0.2) is 0 Å². The van der Waals surface area contributed by atoms with Crippen LogP contribution in [-0.2, 0) is 28.6 Å². The number of carbonyl (C=O) groups excluding carboxylic acids is 3. The van der Waals surface area contributed by atoms with Gasteiger partial charge in [0.15, 0.2) is 0 Å². The summed E-state index contributed by atoms with van der Waals surface area (Å²) < 4.78 is 17.4. The predicted molar refractivity (Wildman–Crippen MR) is 159 cm³/mol. The van der Waals surface area contributed by atoms with Crippen molar-refractivity contribution >= 4 is 17.9 Å². The highest BCUT2D eigenvalue weighted by molar-refractivity contribution is 5.79. The molecule has 41 heavy (non-hydrogen) atoms. The maximum Gasteiger partial charge on any atom is 0.312 e. The largest absolute Gasteiger partial charge is 0.469 e. The first-order valence-corrected chi connectivity index (χ1v) is 15.5. The molecule has 4 aliphatic carbocycles. The SMILES string of the molecule is COC(=O)[C@@]12CCC(C)=C(/C(=C/C3=C(C)CC[C@H]4C(C)(C)[C@@H](OC(C)=O)CC[C@]34C)OC(C)=O)[C@@H]1CC(C)(C)CC2. The minimum atomic E-state index is -0.606. The van der Waals surface area contributed by atoms with Crippen LogP contribution in [0.1, 0.15) is 120 Å². The molecule has 0 N–H and O–H groups in total. The van der Waals surface area contributed by atoms with Gasteiger partial charge >= 0.3 is 17.9 Å². The summed E-state index contributed by atoms with van der Waals surface area (Å²) in [6.45, 7) is 18.7. The second-order valence-corrected chi connectivity index (χ2v) is 15.0. The first kappa shape index (κ1) is 31.6. The van der Waals surface area contributed by atoms with Crippen LogP contribution >= 0.6 is 0 Å². The van der Waals surface area contributed by atoms with Gasteiger partial charge in [-0.3, -0.25) is 14.4 Å². The molecular weight excluding hydrogens is 516 g/mol. The Bertz CT molecular complexity index is 1200. The van der Waals surface area contributed by atoms with E-state index in [0.717, 1.165) is 63.4 Å². The number of rotatable bonds is 5. The average molecular weight is 569 g/mol. The fourth-order valence-electron chi connectivity index (χ4n) is 9.20. The van der Waals surface area contributed by atoms with Crippen molar-refractivity contribution < 1.29 is 28.6 Å². The molecule has 0 unspecified atom stereocenters. The molecule has 0 aromatic carbocycles. The highest BCUT2D eigenvalue weighted by Crippen LogP contribution is 2.62. The van der Waals surface area contributed by atoms with Gasteiger partial charge in [0.1, 0.15) is 11.9 Å². The van der Waals surface area contributed by atoms with Crippen LogP contribution in [0.25, 0.3) is 0 Å². The summed E-state index contributed by atoms with van der Waals surface area (Å²) in [5.74, 6) is 0.0944. The number of esters is 3. The molecule has 6 nitrogen and oxygen atoms in total. The molecule has 2 saturated carbocycles. The summed E-state index contributed by atoms with van der Waals surface area (Å²) >= 11 is 0. The maximum absolute atomic E-state index is 13.5. The topological polar surface area (TPSA) is 78.9 Å². The Hall–Kier alpha value is -2.37. The Labute approximate surface area is 247 Å². The Balaban J connectivity index is 1.86. The lowest BCUT2D eigenvalue weighted by Crippen LogP contribution is -2.53. The van der Waals surface area contributed by atoms with Crippen LogP contribution in [0.2, 0.25) is 0 Å². The van der Waals surface area contributed by atoms with Crippen LogP contribution in [-0.4, -0.2) is 31.1 Å². The standard InChI is InChI=1S/C35H52O6/c1-21-11-12-28-33(7,8)29(41-24(4)37)14-15-34(28,9)25(21)19-27(40-23(3)36)30-22(2)13-16-35(31(38)39-10)18-17-32(5,6)20-26(30)35/h19,26,28-29H,11-18,20H2,1-10H3/b27-19-/t26-,28-,29-,34+,35+/m0/s1. The summed E-state index contributed by atoms with van der Waals surface area (Å²) in [6.07, 6.45) is 9.77. The van der Waals surface area contributed by atoms with Gasteiger partial charge in [-0.05, 0) is 106 Å². The molecular formula is C35H52O6. The van der Waals surface area contributed by atoms with Gasteiger partial charge in [-0.1, -0.05) is 45.8 Å². The Kier molecular flexibility index (Phi) is 8.50. The van der Waals surface area contributed by atoms with E-state index in [1.165, 1.54) is 37.7 Å². The number of fused-ring (bicyclic) bond motifs is 2. The molecule has 228 valence electrons. The van der Waals surface area contributed by atoms with E-state index in [9.17, 15) is 14.4 Å². The number of carbonyl (C=O) groups is 3. The van der Waals surface area contributed by atoms with E-state index in [2.05, 4.69) is 54.5 Å². The zero-order chi connectivity index (χ0) is 30.5. The van der Waals surface area contributed by atoms with Gasteiger partial charge < -0.3 is 14.2 Å². The van der Waals surface area contributed by atoms with Crippen molar-refractivity contribution in [1.82, 2.24) is 0 Å². The first-order valence-electron chi connectivity index (χ1n) is 15.5. The van der Waals surface area contributed by atoms with E-state index in [1.54, 1.807) is 0 Å². The lowest BCUT2D eigenvalue weighted by Gasteiger charge is -2.57. The third-order valence-corrected chi connectivity index (χ3v) is 11.4. The van der Waals surface area contributed by atoms with Crippen molar-refractivity contribution in [3.8, 4) is 0 Å². The van der Waals surface area contributed by atoms with Crippen molar-refractivity contribution in [2.75, 3.05) is 7.11 Å². The number of hydrogen-bond acceptors (Lipinski definition) is 6. The van der Waals surface area contributed by atoms with E-state index in [-0.39, 0.29) is 46.2 Å². The highest BCUT2D eigenvalue weighted by Gasteiger charge is 2.57. The monoisotopic (exact) mass is 568 g/mol. The Morgan fingerprint density at radius 1 is 0.854 bits per heavy atom. The highest BCUT2D eigenvalue weighted by atomic mass is 16.5. The minimum absolute atomic E-state index is 0.0581. The second-order valence-electron chi connectivity index (χ2n) is 15.0. The van der Waals surface area contributed by atoms with Gasteiger partial charge in [0, 0.05) is 25.2 Å². The molecule has 0 bridgehead atoms. The molecule has 0 aliphatic heterocycles. The third kappa shape index (κ3) is 5.57. The molecule has 0 aromatic heterocycles. The Morgan fingerprint density at radius 2 is 1.54 bits per heavy atom. The van der Waals surface area contributed by atoms with Gasteiger partial charge in [0.25, 0.3) is 0 Å². The van der Waals surface area contributed by atoms with Crippen molar-refractivity contribution in [3.63, 3.8) is 0 Å². The molecule has 2 fully saturated rings. The number of methoxy groups -OCH3 is 1. The average Bonchev–Trinajstić information content (AvgIpc) is 2.86. The molecule has 0 saturated heterocycles. The maximum atomic E-state index is 13.5. The summed E-state index contributed by atoms with van der Waals surface area (Å²) in [7, 11) is 1.49. The molecule has 5 atom stereocenters. The van der Waals surface area contributed by atoms with Crippen LogP contribution in [0.5, 0.6) is 0 Å². The zero-order valence-electron chi connectivity index (χ0n) is 27.1. The van der Waals surface area contributed by atoms with Gasteiger partial charge in [0.05, 0.1) is 12.5 Å². The van der Waals surface area contributed by atoms with Gasteiger partial charge in [-0.2, -0.15) is 0 Å². The number of allylic oxidation sites excluding steroid dienone is 5. The van der Waals surface area contributed by atoms with Crippen molar-refractivity contribution in [2.24, 2.45) is 33.5 Å². The summed E-state index contributed by atoms with van der Waals surface area (Å²) in [5, 5.41) is 0. The van der Waals surface area contributed by atoms with Crippen LogP contribution in [0.4, 0.5) is 0 Å². The van der Waals surface area contributed by atoms with Crippen LogP contribution < -0.4 is 0 Å². The summed E-state index contributed by atoms with van der Waals surface area (Å²) in [6, 6.07) is 0. The predicted octanol–water partition coefficient (Wildman–Crippen LogP) is 8.01. The summed E-state index contributed by atoms with van der Waals surface area (Å²) in [5.41, 5.74) is 3.83. The van der Waals surface area contributed by atoms with Crippen LogP contribution in [0, 0.1) is 33.5 Å². The van der Waals surface area contributed by atoms with Crippen LogP contribution in [0.3, 0.4) is 0 Å². The molecule has 4 rings (SSSR count). The normalized spacial score (nSPS) is 34.8. The molecule has 0 spiro atoms. The Morgan fingerprint density at radius 3 is 2.15 bits per heavy atom. The lowest BCUT2D eigenvalue weighted by molar-refractivity contribution is -0.166. The van der Waals surface area contributed by atoms with E-state index in [1.807, 2.05) is 0 Å². The second kappa shape index (κ2) is 11.0. The van der Waals surface area contributed by atoms with Crippen molar-refractivity contribution in [3.05, 3.63) is 34.1 Å². The van der Waals surface area contributed by atoms with E-state index in [4.69, 9.17) is 14.2 Å². The van der Waals surface area contributed by atoms with Crippen molar-refractivity contribution in [2.45, 2.75) is 126 Å². The van der Waals surface area contributed by atoms with Crippen molar-refractivity contribution in [1.29, 1.82) is 0 Å². The van der Waals surface area contributed by atoms with E-state index in [0.29, 0.717) is 11.7 Å².